The van der Waals surface area contributed by atoms with Gasteiger partial charge in [-0.15, -0.1) is 11.3 Å². The standard InChI is InChI=1S/C18H25N5O3S2/c1-14-19-16(13-27-14)12-22-7-9-23(10-8-22)18(24)20-15-5-4-6-17(11-15)28(25,26)21(2)3/h4-6,11,13H,7-10,12H2,1-3H3,(H,20,24). The Labute approximate surface area is 169 Å². The van der Waals surface area contributed by atoms with Gasteiger partial charge in [-0.05, 0) is 25.1 Å². The zero-order chi connectivity index (χ0) is 20.3. The molecule has 1 aliphatic heterocycles. The van der Waals surface area contributed by atoms with Gasteiger partial charge >= 0.3 is 6.03 Å². The molecule has 3 rings (SSSR count). The second-order valence-corrected chi connectivity index (χ2v) is 10.1. The Balaban J connectivity index is 1.56. The minimum absolute atomic E-state index is 0.152. The van der Waals surface area contributed by atoms with E-state index in [0.717, 1.165) is 34.6 Å². The number of amides is 2. The number of carbonyl (C=O) groups is 1. The number of aromatic nitrogens is 1. The van der Waals surface area contributed by atoms with Crippen LogP contribution in [-0.4, -0.2) is 73.8 Å². The van der Waals surface area contributed by atoms with Crippen molar-refractivity contribution in [3.8, 4) is 0 Å². The zero-order valence-electron chi connectivity index (χ0n) is 16.3. The van der Waals surface area contributed by atoms with E-state index in [1.165, 1.54) is 26.2 Å². The molecule has 2 aromatic rings. The molecule has 0 bridgehead atoms. The zero-order valence-corrected chi connectivity index (χ0v) is 17.9. The SMILES string of the molecule is Cc1nc(CN2CCN(C(=O)Nc3cccc(S(=O)(=O)N(C)C)c3)CC2)cs1. The molecule has 1 aromatic carbocycles. The summed E-state index contributed by atoms with van der Waals surface area (Å²) < 4.78 is 25.7. The topological polar surface area (TPSA) is 85.9 Å². The molecule has 10 heteroatoms. The quantitative estimate of drug-likeness (QED) is 0.796. The predicted octanol–water partition coefficient (Wildman–Crippen LogP) is 2.05. The number of benzene rings is 1. The second kappa shape index (κ2) is 8.56. The van der Waals surface area contributed by atoms with E-state index in [4.69, 9.17) is 0 Å². The third-order valence-electron chi connectivity index (χ3n) is 4.58. The van der Waals surface area contributed by atoms with Gasteiger partial charge in [0.15, 0.2) is 0 Å². The van der Waals surface area contributed by atoms with E-state index >= 15 is 0 Å². The molecular formula is C18H25N5O3S2. The molecule has 0 radical (unpaired) electrons. The van der Waals surface area contributed by atoms with Crippen LogP contribution < -0.4 is 5.32 Å². The van der Waals surface area contributed by atoms with Gasteiger partial charge in [0.1, 0.15) is 0 Å². The first-order valence-corrected chi connectivity index (χ1v) is 11.3. The van der Waals surface area contributed by atoms with E-state index in [9.17, 15) is 13.2 Å². The summed E-state index contributed by atoms with van der Waals surface area (Å²) in [5, 5.41) is 5.94. The number of aryl methyl sites for hydroxylation is 1. The van der Waals surface area contributed by atoms with Gasteiger partial charge in [-0.3, -0.25) is 4.90 Å². The summed E-state index contributed by atoms with van der Waals surface area (Å²) in [6.07, 6.45) is 0. The van der Waals surface area contributed by atoms with Crippen LogP contribution in [0.5, 0.6) is 0 Å². The van der Waals surface area contributed by atoms with Crippen molar-refractivity contribution in [2.45, 2.75) is 18.4 Å². The number of thiazole rings is 1. The first kappa shape index (κ1) is 20.7. The van der Waals surface area contributed by atoms with E-state index < -0.39 is 10.0 Å². The van der Waals surface area contributed by atoms with Crippen LogP contribution in [0.3, 0.4) is 0 Å². The summed E-state index contributed by atoms with van der Waals surface area (Å²) >= 11 is 1.65. The Morgan fingerprint density at radius 3 is 2.57 bits per heavy atom. The Hall–Kier alpha value is -2.01. The van der Waals surface area contributed by atoms with Crippen molar-refractivity contribution in [3.05, 3.63) is 40.3 Å². The Morgan fingerprint density at radius 2 is 1.96 bits per heavy atom. The average Bonchev–Trinajstić information content (AvgIpc) is 3.07. The van der Waals surface area contributed by atoms with Crippen LogP contribution >= 0.6 is 11.3 Å². The molecule has 0 unspecified atom stereocenters. The van der Waals surface area contributed by atoms with Crippen molar-refractivity contribution in [2.75, 3.05) is 45.6 Å². The summed E-state index contributed by atoms with van der Waals surface area (Å²) in [7, 11) is -0.580. The smallest absolute Gasteiger partial charge is 0.321 e. The number of nitrogens with zero attached hydrogens (tertiary/aromatic N) is 4. The van der Waals surface area contributed by atoms with Gasteiger partial charge in [-0.2, -0.15) is 0 Å². The molecular weight excluding hydrogens is 398 g/mol. The monoisotopic (exact) mass is 423 g/mol. The minimum atomic E-state index is -3.54. The molecule has 0 atom stereocenters. The number of carbonyl (C=O) groups excluding carboxylic acids is 1. The summed E-state index contributed by atoms with van der Waals surface area (Å²) in [4.78, 5) is 21.2. The molecule has 1 fully saturated rings. The first-order chi connectivity index (χ1) is 13.3. The number of hydrogen-bond donors (Lipinski definition) is 1. The van der Waals surface area contributed by atoms with Gasteiger partial charge in [-0.25, -0.2) is 22.5 Å². The van der Waals surface area contributed by atoms with Crippen LogP contribution in [-0.2, 0) is 16.6 Å². The Bertz CT molecular complexity index is 934. The van der Waals surface area contributed by atoms with Crippen molar-refractivity contribution in [1.82, 2.24) is 19.1 Å². The molecule has 8 nitrogen and oxygen atoms in total. The molecule has 0 saturated carbocycles. The fourth-order valence-corrected chi connectivity index (χ4v) is 4.52. The number of hydrogen-bond acceptors (Lipinski definition) is 6. The Kier molecular flexibility index (Phi) is 6.33. The molecule has 1 N–H and O–H groups in total. The average molecular weight is 424 g/mol. The molecule has 0 aliphatic carbocycles. The van der Waals surface area contributed by atoms with Crippen LogP contribution in [0.2, 0.25) is 0 Å². The lowest BCUT2D eigenvalue weighted by molar-refractivity contribution is 0.142. The summed E-state index contributed by atoms with van der Waals surface area (Å²) in [5.41, 5.74) is 1.53. The fourth-order valence-electron chi connectivity index (χ4n) is 2.97. The third-order valence-corrected chi connectivity index (χ3v) is 7.21. The van der Waals surface area contributed by atoms with E-state index in [2.05, 4.69) is 20.6 Å². The lowest BCUT2D eigenvalue weighted by atomic mass is 10.3. The van der Waals surface area contributed by atoms with Crippen molar-refractivity contribution in [3.63, 3.8) is 0 Å². The van der Waals surface area contributed by atoms with Gasteiger partial charge in [0.2, 0.25) is 10.0 Å². The van der Waals surface area contributed by atoms with E-state index in [0.29, 0.717) is 18.8 Å². The van der Waals surface area contributed by atoms with Gasteiger partial charge in [-0.1, -0.05) is 6.07 Å². The fraction of sp³-hybridized carbons (Fsp3) is 0.444. The molecule has 1 aliphatic rings. The van der Waals surface area contributed by atoms with Crippen LogP contribution in [0.25, 0.3) is 0 Å². The maximum Gasteiger partial charge on any atom is 0.321 e. The predicted molar refractivity (Wildman–Crippen MR) is 110 cm³/mol. The van der Waals surface area contributed by atoms with Crippen molar-refractivity contribution >= 4 is 33.1 Å². The molecule has 0 spiro atoms. The maximum absolute atomic E-state index is 12.6. The van der Waals surface area contributed by atoms with Gasteiger partial charge in [0.25, 0.3) is 0 Å². The molecule has 152 valence electrons. The highest BCUT2D eigenvalue weighted by Crippen LogP contribution is 2.19. The molecule has 1 saturated heterocycles. The Morgan fingerprint density at radius 1 is 1.25 bits per heavy atom. The molecule has 2 heterocycles. The van der Waals surface area contributed by atoms with E-state index in [1.54, 1.807) is 28.4 Å². The number of anilines is 1. The first-order valence-electron chi connectivity index (χ1n) is 8.97. The summed E-state index contributed by atoms with van der Waals surface area (Å²) in [6, 6.07) is 6.09. The third kappa shape index (κ3) is 4.88. The number of rotatable bonds is 5. The second-order valence-electron chi connectivity index (χ2n) is 6.87. The number of urea groups is 1. The van der Waals surface area contributed by atoms with E-state index in [-0.39, 0.29) is 10.9 Å². The molecule has 28 heavy (non-hydrogen) atoms. The largest absolute Gasteiger partial charge is 0.322 e. The van der Waals surface area contributed by atoms with Crippen LogP contribution in [0, 0.1) is 6.92 Å². The highest BCUT2D eigenvalue weighted by molar-refractivity contribution is 7.89. The summed E-state index contributed by atoms with van der Waals surface area (Å²) in [6.45, 7) is 5.58. The number of piperazine rings is 1. The summed E-state index contributed by atoms with van der Waals surface area (Å²) in [5.74, 6) is 0. The van der Waals surface area contributed by atoms with Gasteiger partial charge in [0, 0.05) is 57.9 Å². The van der Waals surface area contributed by atoms with Gasteiger partial charge in [0.05, 0.1) is 15.6 Å². The van der Waals surface area contributed by atoms with Crippen LogP contribution in [0.1, 0.15) is 10.7 Å². The van der Waals surface area contributed by atoms with Gasteiger partial charge < -0.3 is 10.2 Å². The van der Waals surface area contributed by atoms with Crippen LogP contribution in [0.4, 0.5) is 10.5 Å². The lowest BCUT2D eigenvalue weighted by Gasteiger charge is -2.34. The normalized spacial score (nSPS) is 15.8. The molecule has 1 aromatic heterocycles. The highest BCUT2D eigenvalue weighted by Gasteiger charge is 2.22. The number of sulfonamides is 1. The minimum Gasteiger partial charge on any atom is -0.322 e. The van der Waals surface area contributed by atoms with Crippen molar-refractivity contribution in [1.29, 1.82) is 0 Å². The van der Waals surface area contributed by atoms with Crippen LogP contribution in [0.15, 0.2) is 34.5 Å². The van der Waals surface area contributed by atoms with Crippen molar-refractivity contribution in [2.24, 2.45) is 0 Å². The highest BCUT2D eigenvalue weighted by atomic mass is 32.2. The molecule has 2 amide bonds. The van der Waals surface area contributed by atoms with Crippen molar-refractivity contribution < 1.29 is 13.2 Å². The maximum atomic E-state index is 12.6. The lowest BCUT2D eigenvalue weighted by Crippen LogP contribution is -2.49. The van der Waals surface area contributed by atoms with E-state index in [1.807, 2.05) is 6.92 Å². The number of nitrogens with one attached hydrogen (secondary N) is 1.